The molecular formula is C15H18INOS. The standard InChI is InChI=1S/C15H18INOS/c1-9-6-13(18-4)10(2)5-12(9)15(17-3)11-7-14(16)19-8-11/h5-8,15,17H,1-4H3. The average Bonchev–Trinajstić information content (AvgIpc) is 2.80. The fourth-order valence-electron chi connectivity index (χ4n) is 2.32. The van der Waals surface area contributed by atoms with Crippen molar-refractivity contribution in [2.24, 2.45) is 0 Å². The highest BCUT2D eigenvalue weighted by atomic mass is 127. The van der Waals surface area contributed by atoms with E-state index in [1.54, 1.807) is 18.4 Å². The summed E-state index contributed by atoms with van der Waals surface area (Å²) in [5.41, 5.74) is 5.07. The van der Waals surface area contributed by atoms with Gasteiger partial charge in [-0.2, -0.15) is 0 Å². The maximum absolute atomic E-state index is 5.38. The van der Waals surface area contributed by atoms with Gasteiger partial charge in [-0.15, -0.1) is 11.3 Å². The summed E-state index contributed by atoms with van der Waals surface area (Å²) in [4.78, 5) is 0. The predicted molar refractivity (Wildman–Crippen MR) is 90.4 cm³/mol. The van der Waals surface area contributed by atoms with Gasteiger partial charge < -0.3 is 10.1 Å². The maximum atomic E-state index is 5.38. The fourth-order valence-corrected chi connectivity index (χ4v) is 3.72. The van der Waals surface area contributed by atoms with Crippen LogP contribution in [-0.2, 0) is 0 Å². The summed E-state index contributed by atoms with van der Waals surface area (Å²) < 4.78 is 6.70. The summed E-state index contributed by atoms with van der Waals surface area (Å²) in [6.45, 7) is 4.23. The van der Waals surface area contributed by atoms with Gasteiger partial charge in [0, 0.05) is 0 Å². The van der Waals surface area contributed by atoms with E-state index in [0.717, 1.165) is 5.75 Å². The van der Waals surface area contributed by atoms with Gasteiger partial charge in [0.1, 0.15) is 5.75 Å². The lowest BCUT2D eigenvalue weighted by molar-refractivity contribution is 0.411. The lowest BCUT2D eigenvalue weighted by atomic mass is 9.95. The number of hydrogen-bond acceptors (Lipinski definition) is 3. The summed E-state index contributed by atoms with van der Waals surface area (Å²) in [5, 5.41) is 5.64. The van der Waals surface area contributed by atoms with Gasteiger partial charge in [-0.3, -0.25) is 0 Å². The molecule has 0 saturated heterocycles. The molecular weight excluding hydrogens is 369 g/mol. The largest absolute Gasteiger partial charge is 0.496 e. The molecule has 0 aliphatic rings. The molecule has 0 radical (unpaired) electrons. The topological polar surface area (TPSA) is 21.3 Å². The van der Waals surface area contributed by atoms with Crippen LogP contribution in [0.15, 0.2) is 23.6 Å². The van der Waals surface area contributed by atoms with Crippen molar-refractivity contribution < 1.29 is 4.74 Å². The maximum Gasteiger partial charge on any atom is 0.122 e. The molecule has 0 bridgehead atoms. The Labute approximate surface area is 132 Å². The van der Waals surface area contributed by atoms with Crippen LogP contribution in [0.25, 0.3) is 0 Å². The Hall–Kier alpha value is -0.590. The van der Waals surface area contributed by atoms with Gasteiger partial charge in [-0.05, 0) is 83.3 Å². The van der Waals surface area contributed by atoms with Crippen molar-refractivity contribution in [3.8, 4) is 5.75 Å². The minimum Gasteiger partial charge on any atom is -0.496 e. The molecule has 1 aromatic heterocycles. The number of nitrogens with one attached hydrogen (secondary N) is 1. The van der Waals surface area contributed by atoms with Gasteiger partial charge in [-0.25, -0.2) is 0 Å². The molecule has 4 heteroatoms. The molecule has 1 aromatic carbocycles. The van der Waals surface area contributed by atoms with Crippen LogP contribution in [0.2, 0.25) is 0 Å². The number of hydrogen-bond donors (Lipinski definition) is 1. The van der Waals surface area contributed by atoms with E-state index in [1.807, 2.05) is 7.05 Å². The van der Waals surface area contributed by atoms with Gasteiger partial charge in [0.15, 0.2) is 0 Å². The van der Waals surface area contributed by atoms with Crippen LogP contribution in [-0.4, -0.2) is 14.2 Å². The fraction of sp³-hybridized carbons (Fsp3) is 0.333. The third-order valence-corrected chi connectivity index (χ3v) is 5.11. The molecule has 0 aliphatic carbocycles. The van der Waals surface area contributed by atoms with Crippen LogP contribution >= 0.6 is 33.9 Å². The summed E-state index contributed by atoms with van der Waals surface area (Å²) in [5.74, 6) is 0.955. The Bertz CT molecular complexity index is 580. The highest BCUT2D eigenvalue weighted by Crippen LogP contribution is 2.32. The third-order valence-electron chi connectivity index (χ3n) is 3.30. The first-order valence-electron chi connectivity index (χ1n) is 6.13. The van der Waals surface area contributed by atoms with Crippen molar-refractivity contribution in [2.75, 3.05) is 14.2 Å². The van der Waals surface area contributed by atoms with Gasteiger partial charge in [0.25, 0.3) is 0 Å². The normalized spacial score (nSPS) is 12.5. The number of ether oxygens (including phenoxy) is 1. The summed E-state index contributed by atoms with van der Waals surface area (Å²) in [6.07, 6.45) is 0. The van der Waals surface area contributed by atoms with E-state index in [2.05, 4.69) is 65.3 Å². The van der Waals surface area contributed by atoms with Crippen LogP contribution in [0.1, 0.15) is 28.3 Å². The number of rotatable bonds is 4. The molecule has 1 N–H and O–H groups in total. The predicted octanol–water partition coefficient (Wildman–Crippen LogP) is 4.29. The molecule has 2 aromatic rings. The molecule has 2 nitrogen and oxygen atoms in total. The molecule has 102 valence electrons. The van der Waals surface area contributed by atoms with E-state index in [-0.39, 0.29) is 6.04 Å². The number of aryl methyl sites for hydroxylation is 2. The van der Waals surface area contributed by atoms with E-state index >= 15 is 0 Å². The zero-order valence-corrected chi connectivity index (χ0v) is 14.6. The van der Waals surface area contributed by atoms with E-state index in [1.165, 1.54) is 25.1 Å². The van der Waals surface area contributed by atoms with Crippen LogP contribution in [0.4, 0.5) is 0 Å². The number of methoxy groups -OCH3 is 1. The zero-order valence-electron chi connectivity index (χ0n) is 11.6. The first kappa shape index (κ1) is 14.8. The lowest BCUT2D eigenvalue weighted by Gasteiger charge is -2.20. The molecule has 0 fully saturated rings. The second-order valence-corrected chi connectivity index (χ2v) is 7.39. The van der Waals surface area contributed by atoms with E-state index < -0.39 is 0 Å². The Kier molecular flexibility index (Phi) is 4.86. The van der Waals surface area contributed by atoms with Crippen molar-refractivity contribution in [3.05, 3.63) is 48.7 Å². The number of thiophene rings is 1. The van der Waals surface area contributed by atoms with E-state index in [9.17, 15) is 0 Å². The van der Waals surface area contributed by atoms with Crippen molar-refractivity contribution in [1.82, 2.24) is 5.32 Å². The van der Waals surface area contributed by atoms with Crippen LogP contribution < -0.4 is 10.1 Å². The van der Waals surface area contributed by atoms with Crippen molar-refractivity contribution >= 4 is 33.9 Å². The van der Waals surface area contributed by atoms with Gasteiger partial charge in [-0.1, -0.05) is 6.07 Å². The van der Waals surface area contributed by atoms with E-state index in [4.69, 9.17) is 4.74 Å². The van der Waals surface area contributed by atoms with Gasteiger partial charge in [0.2, 0.25) is 0 Å². The smallest absolute Gasteiger partial charge is 0.122 e. The summed E-state index contributed by atoms with van der Waals surface area (Å²) >= 11 is 4.15. The van der Waals surface area contributed by atoms with Crippen molar-refractivity contribution in [1.29, 1.82) is 0 Å². The minimum atomic E-state index is 0.240. The molecule has 0 saturated carbocycles. The molecule has 1 unspecified atom stereocenters. The first-order valence-corrected chi connectivity index (χ1v) is 8.09. The van der Waals surface area contributed by atoms with Gasteiger partial charge >= 0.3 is 0 Å². The molecule has 0 spiro atoms. The summed E-state index contributed by atoms with van der Waals surface area (Å²) in [7, 11) is 3.73. The van der Waals surface area contributed by atoms with Crippen LogP contribution in [0.3, 0.4) is 0 Å². The number of halogens is 1. The Morgan fingerprint density at radius 1 is 1.21 bits per heavy atom. The van der Waals surface area contributed by atoms with Crippen molar-refractivity contribution in [2.45, 2.75) is 19.9 Å². The average molecular weight is 387 g/mol. The molecule has 2 rings (SSSR count). The summed E-state index contributed by atoms with van der Waals surface area (Å²) in [6, 6.07) is 6.82. The Morgan fingerprint density at radius 3 is 2.47 bits per heavy atom. The highest BCUT2D eigenvalue weighted by molar-refractivity contribution is 14.1. The lowest BCUT2D eigenvalue weighted by Crippen LogP contribution is -2.18. The number of benzene rings is 1. The molecule has 0 amide bonds. The molecule has 19 heavy (non-hydrogen) atoms. The van der Waals surface area contributed by atoms with Crippen LogP contribution in [0.5, 0.6) is 5.75 Å². The minimum absolute atomic E-state index is 0.240. The quantitative estimate of drug-likeness (QED) is 0.791. The van der Waals surface area contributed by atoms with Crippen LogP contribution in [0, 0.1) is 16.7 Å². The molecule has 0 aliphatic heterocycles. The monoisotopic (exact) mass is 387 g/mol. The first-order chi connectivity index (χ1) is 9.06. The van der Waals surface area contributed by atoms with Crippen molar-refractivity contribution in [3.63, 3.8) is 0 Å². The second kappa shape index (κ2) is 6.24. The third kappa shape index (κ3) is 3.12. The Balaban J connectivity index is 2.47. The Morgan fingerprint density at radius 2 is 1.95 bits per heavy atom. The molecule has 1 atom stereocenters. The van der Waals surface area contributed by atoms with E-state index in [0.29, 0.717) is 0 Å². The second-order valence-electron chi connectivity index (χ2n) is 4.58. The highest BCUT2D eigenvalue weighted by Gasteiger charge is 2.17. The SMILES string of the molecule is CNC(c1csc(I)c1)c1cc(C)c(OC)cc1C. The zero-order chi connectivity index (χ0) is 14.0. The van der Waals surface area contributed by atoms with Gasteiger partial charge in [0.05, 0.1) is 16.0 Å². The molecule has 1 heterocycles.